The van der Waals surface area contributed by atoms with Gasteiger partial charge in [0.05, 0.1) is 6.54 Å². The molecule has 0 saturated heterocycles. The maximum absolute atomic E-state index is 12.5. The summed E-state index contributed by atoms with van der Waals surface area (Å²) in [5, 5.41) is 5.59. The third-order valence-corrected chi connectivity index (χ3v) is 4.54. The molecule has 1 aromatic heterocycles. The van der Waals surface area contributed by atoms with Crippen LogP contribution in [-0.2, 0) is 11.8 Å². The van der Waals surface area contributed by atoms with Crippen LogP contribution < -0.4 is 10.6 Å². The average molecular weight is 427 g/mol. The lowest BCUT2D eigenvalue weighted by atomic mass is 10.1. The highest BCUT2D eigenvalue weighted by atomic mass is 79.9. The largest absolute Gasteiger partial charge is 0.343 e. The van der Waals surface area contributed by atoms with Gasteiger partial charge in [-0.3, -0.25) is 9.59 Å². The Bertz CT molecular complexity index is 940. The van der Waals surface area contributed by atoms with Crippen LogP contribution in [0.1, 0.15) is 27.8 Å². The number of nitrogens with zero attached hydrogens (tertiary/aromatic N) is 2. The molecule has 2 amide bonds. The summed E-state index contributed by atoms with van der Waals surface area (Å²) in [6.07, 6.45) is 3.51. The molecule has 3 aromatic rings. The van der Waals surface area contributed by atoms with E-state index >= 15 is 0 Å². The van der Waals surface area contributed by atoms with Gasteiger partial charge in [0.2, 0.25) is 5.91 Å². The van der Waals surface area contributed by atoms with Crippen LogP contribution >= 0.6 is 15.9 Å². The van der Waals surface area contributed by atoms with Crippen molar-refractivity contribution in [3.05, 3.63) is 88.4 Å². The lowest BCUT2D eigenvalue weighted by molar-refractivity contribution is -0.120. The van der Waals surface area contributed by atoms with Gasteiger partial charge in [0.1, 0.15) is 11.9 Å². The fourth-order valence-electron chi connectivity index (χ4n) is 2.70. The van der Waals surface area contributed by atoms with Crippen molar-refractivity contribution < 1.29 is 9.59 Å². The van der Waals surface area contributed by atoms with Gasteiger partial charge in [0, 0.05) is 29.5 Å². The van der Waals surface area contributed by atoms with Gasteiger partial charge in [0.15, 0.2) is 0 Å². The third kappa shape index (κ3) is 4.83. The minimum Gasteiger partial charge on any atom is -0.343 e. The van der Waals surface area contributed by atoms with Crippen LogP contribution in [0.15, 0.2) is 71.5 Å². The van der Waals surface area contributed by atoms with Crippen molar-refractivity contribution in [2.45, 2.75) is 6.04 Å². The Labute approximate surface area is 165 Å². The summed E-state index contributed by atoms with van der Waals surface area (Å²) < 4.78 is 2.66. The van der Waals surface area contributed by atoms with Gasteiger partial charge in [-0.15, -0.1) is 0 Å². The van der Waals surface area contributed by atoms with E-state index in [2.05, 4.69) is 31.5 Å². The zero-order chi connectivity index (χ0) is 19.2. The highest BCUT2D eigenvalue weighted by molar-refractivity contribution is 9.10. The predicted molar refractivity (Wildman–Crippen MR) is 106 cm³/mol. The van der Waals surface area contributed by atoms with Crippen LogP contribution in [0.3, 0.4) is 0 Å². The maximum Gasteiger partial charge on any atom is 0.251 e. The van der Waals surface area contributed by atoms with E-state index in [4.69, 9.17) is 0 Å². The van der Waals surface area contributed by atoms with E-state index in [0.29, 0.717) is 11.4 Å². The fraction of sp³-hybridized carbons (Fsp3) is 0.150. The molecule has 0 radical (unpaired) electrons. The summed E-state index contributed by atoms with van der Waals surface area (Å²) in [5.41, 5.74) is 1.40. The average Bonchev–Trinajstić information content (AvgIpc) is 3.10. The SMILES string of the molecule is Cn1ccnc1[C@H](NC(=O)CNC(=O)c1cccc(Br)c1)c1ccccc1. The van der Waals surface area contributed by atoms with Gasteiger partial charge in [-0.1, -0.05) is 52.3 Å². The van der Waals surface area contributed by atoms with Gasteiger partial charge in [-0.25, -0.2) is 4.98 Å². The van der Waals surface area contributed by atoms with Gasteiger partial charge >= 0.3 is 0 Å². The number of benzene rings is 2. The summed E-state index contributed by atoms with van der Waals surface area (Å²) in [5.74, 6) is 0.114. The second-order valence-corrected chi connectivity index (χ2v) is 6.92. The minimum absolute atomic E-state index is 0.126. The van der Waals surface area contributed by atoms with Crippen molar-refractivity contribution in [3.63, 3.8) is 0 Å². The van der Waals surface area contributed by atoms with E-state index in [-0.39, 0.29) is 18.4 Å². The highest BCUT2D eigenvalue weighted by Crippen LogP contribution is 2.20. The standard InChI is InChI=1S/C20H19BrN4O2/c1-25-11-10-22-19(25)18(14-6-3-2-4-7-14)24-17(26)13-23-20(27)15-8-5-9-16(21)12-15/h2-12,18H,13H2,1H3,(H,23,27)(H,24,26)/t18-/m1/s1. The van der Waals surface area contributed by atoms with E-state index in [1.165, 1.54) is 0 Å². The number of amides is 2. The van der Waals surface area contributed by atoms with Crippen LogP contribution in [0.5, 0.6) is 0 Å². The summed E-state index contributed by atoms with van der Waals surface area (Å²) >= 11 is 3.33. The number of aromatic nitrogens is 2. The summed E-state index contributed by atoms with van der Waals surface area (Å²) in [4.78, 5) is 29.0. The molecule has 3 rings (SSSR count). The Morgan fingerprint density at radius 2 is 1.93 bits per heavy atom. The summed E-state index contributed by atoms with van der Waals surface area (Å²) in [6, 6.07) is 16.2. The molecule has 0 unspecified atom stereocenters. The normalized spacial score (nSPS) is 11.6. The Morgan fingerprint density at radius 1 is 1.15 bits per heavy atom. The molecule has 0 aliphatic rings. The molecule has 7 heteroatoms. The lowest BCUT2D eigenvalue weighted by Crippen LogP contribution is -2.39. The maximum atomic E-state index is 12.5. The number of halogens is 1. The Balaban J connectivity index is 1.68. The Morgan fingerprint density at radius 3 is 2.59 bits per heavy atom. The second kappa shape index (κ2) is 8.64. The quantitative estimate of drug-likeness (QED) is 0.636. The van der Waals surface area contributed by atoms with Crippen molar-refractivity contribution in [2.24, 2.45) is 7.05 Å². The summed E-state index contributed by atoms with van der Waals surface area (Å²) in [7, 11) is 1.87. The molecule has 27 heavy (non-hydrogen) atoms. The molecule has 2 N–H and O–H groups in total. The van der Waals surface area contributed by atoms with Crippen molar-refractivity contribution >= 4 is 27.7 Å². The van der Waals surface area contributed by atoms with E-state index < -0.39 is 6.04 Å². The second-order valence-electron chi connectivity index (χ2n) is 6.00. The van der Waals surface area contributed by atoms with Crippen LogP contribution in [-0.4, -0.2) is 27.9 Å². The number of carbonyl (C=O) groups is 2. The number of rotatable bonds is 6. The topological polar surface area (TPSA) is 76.0 Å². The summed E-state index contributed by atoms with van der Waals surface area (Å²) in [6.45, 7) is -0.126. The van der Waals surface area contributed by atoms with E-state index in [1.807, 2.05) is 54.2 Å². The molecule has 138 valence electrons. The molecule has 1 atom stereocenters. The number of hydrogen-bond acceptors (Lipinski definition) is 3. The first kappa shape index (κ1) is 18.8. The van der Waals surface area contributed by atoms with E-state index in [0.717, 1.165) is 10.0 Å². The van der Waals surface area contributed by atoms with Crippen LogP contribution in [0.4, 0.5) is 0 Å². The lowest BCUT2D eigenvalue weighted by Gasteiger charge is -2.19. The van der Waals surface area contributed by atoms with Gasteiger partial charge in [-0.05, 0) is 23.8 Å². The van der Waals surface area contributed by atoms with Crippen molar-refractivity contribution in [1.82, 2.24) is 20.2 Å². The first-order valence-corrected chi connectivity index (χ1v) is 9.19. The molecule has 1 heterocycles. The predicted octanol–water partition coefficient (Wildman–Crippen LogP) is 2.82. The fourth-order valence-corrected chi connectivity index (χ4v) is 3.10. The molecule has 6 nitrogen and oxygen atoms in total. The number of hydrogen-bond donors (Lipinski definition) is 2. The van der Waals surface area contributed by atoms with Crippen molar-refractivity contribution in [2.75, 3.05) is 6.54 Å². The van der Waals surface area contributed by atoms with Gasteiger partial charge in [-0.2, -0.15) is 0 Å². The molecular formula is C20H19BrN4O2. The van der Waals surface area contributed by atoms with Gasteiger partial charge < -0.3 is 15.2 Å². The van der Waals surface area contributed by atoms with E-state index in [1.54, 1.807) is 24.4 Å². The molecular weight excluding hydrogens is 408 g/mol. The minimum atomic E-state index is -0.401. The Hall–Kier alpha value is -2.93. The zero-order valence-corrected chi connectivity index (χ0v) is 16.3. The van der Waals surface area contributed by atoms with Crippen molar-refractivity contribution in [3.8, 4) is 0 Å². The molecule has 0 fully saturated rings. The number of nitrogens with one attached hydrogen (secondary N) is 2. The third-order valence-electron chi connectivity index (χ3n) is 4.05. The van der Waals surface area contributed by atoms with Crippen molar-refractivity contribution in [1.29, 1.82) is 0 Å². The molecule has 0 aliphatic heterocycles. The molecule has 0 aliphatic carbocycles. The number of carbonyl (C=O) groups excluding carboxylic acids is 2. The van der Waals surface area contributed by atoms with E-state index in [9.17, 15) is 9.59 Å². The zero-order valence-electron chi connectivity index (χ0n) is 14.7. The highest BCUT2D eigenvalue weighted by Gasteiger charge is 2.20. The first-order chi connectivity index (χ1) is 13.0. The molecule has 0 spiro atoms. The number of aryl methyl sites for hydroxylation is 1. The molecule has 2 aromatic carbocycles. The molecule has 0 saturated carbocycles. The first-order valence-electron chi connectivity index (χ1n) is 8.40. The van der Waals surface area contributed by atoms with Crippen LogP contribution in [0.2, 0.25) is 0 Å². The van der Waals surface area contributed by atoms with Gasteiger partial charge in [0.25, 0.3) is 5.91 Å². The number of imidazole rings is 1. The smallest absolute Gasteiger partial charge is 0.251 e. The monoisotopic (exact) mass is 426 g/mol. The molecule has 0 bridgehead atoms. The van der Waals surface area contributed by atoms with Crippen LogP contribution in [0, 0.1) is 0 Å². The van der Waals surface area contributed by atoms with Crippen LogP contribution in [0.25, 0.3) is 0 Å². The Kier molecular flexibility index (Phi) is 6.03.